The van der Waals surface area contributed by atoms with Gasteiger partial charge in [-0.05, 0) is 0 Å². The maximum Gasteiger partial charge on any atom is 0.149 e. The van der Waals surface area contributed by atoms with Crippen molar-refractivity contribution in [3.05, 3.63) is 0 Å². The van der Waals surface area contributed by atoms with Crippen LogP contribution in [0, 0.1) is 0 Å². The molecule has 0 aromatic heterocycles. The van der Waals surface area contributed by atoms with Crippen molar-refractivity contribution in [2.75, 3.05) is 13.6 Å². The lowest BCUT2D eigenvalue weighted by atomic mass is 10.3. The zero-order chi connectivity index (χ0) is 7.28. The Bertz CT molecular complexity index is 91.1. The Kier molecular flexibility index (Phi) is 4.37. The summed E-state index contributed by atoms with van der Waals surface area (Å²) in [4.78, 5) is 0. The van der Waals surface area contributed by atoms with Crippen LogP contribution in [0.25, 0.3) is 0 Å². The van der Waals surface area contributed by atoms with Gasteiger partial charge in [0.2, 0.25) is 0 Å². The van der Waals surface area contributed by atoms with Gasteiger partial charge >= 0.3 is 0 Å². The Hall–Kier alpha value is -0.330. The summed E-state index contributed by atoms with van der Waals surface area (Å²) in [5.41, 5.74) is 1.54. The quantitative estimate of drug-likeness (QED) is 0.438. The van der Waals surface area contributed by atoms with Gasteiger partial charge in [-0.3, -0.25) is 0 Å². The van der Waals surface area contributed by atoms with Crippen LogP contribution in [-0.4, -0.2) is 23.9 Å². The van der Waals surface area contributed by atoms with E-state index in [-0.39, 0.29) is 0 Å². The Morgan fingerprint density at radius 2 is 1.89 bits per heavy atom. The molecule has 1 heterocycles. The molecule has 1 rings (SSSR count). The van der Waals surface area contributed by atoms with E-state index in [0.29, 0.717) is 0 Å². The molecule has 1 heteroatoms. The highest BCUT2D eigenvalue weighted by Crippen LogP contribution is 2.00. The molecule has 1 nitrogen and oxygen atoms in total. The molecule has 0 fully saturated rings. The maximum absolute atomic E-state index is 2.32. The van der Waals surface area contributed by atoms with Gasteiger partial charge in [0.05, 0.1) is 0 Å². The molecule has 0 spiro atoms. The fraction of sp³-hybridized carbons (Fsp3) is 0.875. The topological polar surface area (TPSA) is 3.01 Å². The Morgan fingerprint density at radius 1 is 1.33 bits per heavy atom. The van der Waals surface area contributed by atoms with Crippen LogP contribution in [0.2, 0.25) is 0 Å². The standard InChI is InChI=1S/C6H12N.C2H6/c1-6-4-3-5-7(6)2;1-2/h3-5H2,1-2H3;1-2H3/q+1;. The second-order valence-electron chi connectivity index (χ2n) is 2.26. The summed E-state index contributed by atoms with van der Waals surface area (Å²) in [6, 6.07) is 0. The van der Waals surface area contributed by atoms with Crippen LogP contribution < -0.4 is 0 Å². The zero-order valence-corrected chi connectivity index (χ0v) is 7.07. The van der Waals surface area contributed by atoms with Gasteiger partial charge in [0, 0.05) is 19.8 Å². The highest BCUT2D eigenvalue weighted by molar-refractivity contribution is 5.77. The zero-order valence-electron chi connectivity index (χ0n) is 7.07. The van der Waals surface area contributed by atoms with Gasteiger partial charge in [0.15, 0.2) is 0 Å². The van der Waals surface area contributed by atoms with Crippen LogP contribution in [0.15, 0.2) is 0 Å². The van der Waals surface area contributed by atoms with Crippen LogP contribution in [0.4, 0.5) is 0 Å². The predicted molar refractivity (Wildman–Crippen MR) is 42.3 cm³/mol. The van der Waals surface area contributed by atoms with Crippen molar-refractivity contribution in [3.8, 4) is 0 Å². The Balaban J connectivity index is 0.000000291. The monoisotopic (exact) mass is 128 g/mol. The largest absolute Gasteiger partial charge is 0.240 e. The van der Waals surface area contributed by atoms with Crippen molar-refractivity contribution >= 4 is 5.71 Å². The molecule has 1 aliphatic heterocycles. The Labute approximate surface area is 58.4 Å². The molecule has 0 saturated carbocycles. The van der Waals surface area contributed by atoms with Gasteiger partial charge in [0.1, 0.15) is 19.3 Å². The average molecular weight is 128 g/mol. The molecule has 9 heavy (non-hydrogen) atoms. The van der Waals surface area contributed by atoms with Crippen LogP contribution >= 0.6 is 0 Å². The lowest BCUT2D eigenvalue weighted by Gasteiger charge is -1.83. The third-order valence-corrected chi connectivity index (χ3v) is 1.68. The molecule has 0 bridgehead atoms. The van der Waals surface area contributed by atoms with E-state index < -0.39 is 0 Å². The van der Waals surface area contributed by atoms with Crippen LogP contribution in [-0.2, 0) is 0 Å². The van der Waals surface area contributed by atoms with E-state index in [1.807, 2.05) is 13.8 Å². The van der Waals surface area contributed by atoms with E-state index in [2.05, 4.69) is 18.5 Å². The van der Waals surface area contributed by atoms with E-state index in [9.17, 15) is 0 Å². The first-order valence-corrected chi connectivity index (χ1v) is 3.84. The molecule has 0 radical (unpaired) electrons. The van der Waals surface area contributed by atoms with E-state index in [1.54, 1.807) is 5.71 Å². The summed E-state index contributed by atoms with van der Waals surface area (Å²) in [6.45, 7) is 7.47. The molecule has 0 atom stereocenters. The molecular weight excluding hydrogens is 110 g/mol. The van der Waals surface area contributed by atoms with Crippen molar-refractivity contribution < 1.29 is 4.58 Å². The molecule has 0 unspecified atom stereocenters. The molecule has 0 aromatic carbocycles. The first-order valence-electron chi connectivity index (χ1n) is 3.84. The normalized spacial score (nSPS) is 17.3. The van der Waals surface area contributed by atoms with Gasteiger partial charge in [0.25, 0.3) is 0 Å². The van der Waals surface area contributed by atoms with Crippen molar-refractivity contribution in [1.82, 2.24) is 0 Å². The summed E-state index contributed by atoms with van der Waals surface area (Å²) in [5, 5.41) is 0. The van der Waals surface area contributed by atoms with Crippen molar-refractivity contribution in [1.29, 1.82) is 0 Å². The number of nitrogens with zero attached hydrogens (tertiary/aromatic N) is 1. The average Bonchev–Trinajstić information content (AvgIpc) is 2.23. The van der Waals surface area contributed by atoms with Crippen LogP contribution in [0.5, 0.6) is 0 Å². The second kappa shape index (κ2) is 4.54. The minimum atomic E-state index is 1.27. The number of rotatable bonds is 0. The lowest BCUT2D eigenvalue weighted by molar-refractivity contribution is -0.489. The minimum Gasteiger partial charge on any atom is -0.240 e. The fourth-order valence-corrected chi connectivity index (χ4v) is 0.954. The first-order chi connectivity index (χ1) is 4.30. The van der Waals surface area contributed by atoms with Gasteiger partial charge in [-0.2, -0.15) is 0 Å². The smallest absolute Gasteiger partial charge is 0.149 e. The van der Waals surface area contributed by atoms with Crippen molar-refractivity contribution in [2.24, 2.45) is 0 Å². The van der Waals surface area contributed by atoms with E-state index in [1.165, 1.54) is 19.4 Å². The summed E-state index contributed by atoms with van der Waals surface area (Å²) < 4.78 is 2.32. The van der Waals surface area contributed by atoms with Gasteiger partial charge in [-0.15, -0.1) is 0 Å². The Morgan fingerprint density at radius 3 is 2.00 bits per heavy atom. The van der Waals surface area contributed by atoms with E-state index >= 15 is 0 Å². The molecule has 0 aromatic rings. The summed E-state index contributed by atoms with van der Waals surface area (Å²) in [7, 11) is 2.16. The predicted octanol–water partition coefficient (Wildman–Crippen LogP) is 1.91. The maximum atomic E-state index is 2.32. The first kappa shape index (κ1) is 8.67. The van der Waals surface area contributed by atoms with Gasteiger partial charge in [-0.25, -0.2) is 4.58 Å². The highest BCUT2D eigenvalue weighted by atomic mass is 15.0. The molecule has 54 valence electrons. The van der Waals surface area contributed by atoms with Crippen molar-refractivity contribution in [2.45, 2.75) is 33.6 Å². The van der Waals surface area contributed by atoms with E-state index in [4.69, 9.17) is 0 Å². The van der Waals surface area contributed by atoms with E-state index in [0.717, 1.165) is 0 Å². The number of hydrogen-bond donors (Lipinski definition) is 0. The highest BCUT2D eigenvalue weighted by Gasteiger charge is 2.11. The molecule has 0 saturated heterocycles. The lowest BCUT2D eigenvalue weighted by Crippen LogP contribution is -2.04. The fourth-order valence-electron chi connectivity index (χ4n) is 0.954. The molecule has 0 N–H and O–H groups in total. The van der Waals surface area contributed by atoms with Gasteiger partial charge in [-0.1, -0.05) is 13.8 Å². The third-order valence-electron chi connectivity index (χ3n) is 1.68. The molecule has 1 aliphatic rings. The number of hydrogen-bond acceptors (Lipinski definition) is 0. The van der Waals surface area contributed by atoms with Crippen molar-refractivity contribution in [3.63, 3.8) is 0 Å². The minimum absolute atomic E-state index is 1.27. The van der Waals surface area contributed by atoms with Crippen LogP contribution in [0.3, 0.4) is 0 Å². The second-order valence-corrected chi connectivity index (χ2v) is 2.26. The molecular formula is C8H18N+. The summed E-state index contributed by atoms with van der Waals surface area (Å²) in [5.74, 6) is 0. The van der Waals surface area contributed by atoms with Gasteiger partial charge < -0.3 is 0 Å². The summed E-state index contributed by atoms with van der Waals surface area (Å²) in [6.07, 6.45) is 2.68. The van der Waals surface area contributed by atoms with Crippen LogP contribution in [0.1, 0.15) is 33.6 Å². The SMILES string of the molecule is CC.CC1=[N+](C)CCC1. The third kappa shape index (κ3) is 2.64. The summed E-state index contributed by atoms with van der Waals surface area (Å²) >= 11 is 0. The molecule has 0 amide bonds. The molecule has 0 aliphatic carbocycles.